The Morgan fingerprint density at radius 3 is 2.82 bits per heavy atom. The number of aromatic carboxylic acids is 1. The summed E-state index contributed by atoms with van der Waals surface area (Å²) < 4.78 is 1.32. The number of aliphatic hydroxyl groups excluding tert-OH is 1. The molecule has 1 aliphatic carbocycles. The summed E-state index contributed by atoms with van der Waals surface area (Å²) in [5, 5.41) is 23.1. The van der Waals surface area contributed by atoms with Gasteiger partial charge in [-0.1, -0.05) is 13.8 Å². The van der Waals surface area contributed by atoms with Crippen LogP contribution in [-0.2, 0) is 18.4 Å². The number of nitrogens with two attached hydrogens (primary N) is 1. The molecule has 0 aliphatic heterocycles. The van der Waals surface area contributed by atoms with Gasteiger partial charge in [0.05, 0.1) is 18.8 Å². The third kappa shape index (κ3) is 2.03. The van der Waals surface area contributed by atoms with E-state index in [1.165, 1.54) is 4.68 Å². The molecule has 0 aromatic carbocycles. The summed E-state index contributed by atoms with van der Waals surface area (Å²) in [5.74, 6) is -0.946. The second kappa shape index (κ2) is 4.77. The molecular weight excluding hydrogens is 286 g/mol. The van der Waals surface area contributed by atoms with E-state index < -0.39 is 11.4 Å². The first-order chi connectivity index (χ1) is 10.3. The number of hydrogen-bond acceptors (Lipinski definition) is 6. The van der Waals surface area contributed by atoms with Crippen LogP contribution in [0.3, 0.4) is 0 Å². The van der Waals surface area contributed by atoms with Crippen molar-refractivity contribution in [3.8, 4) is 11.4 Å². The number of rotatable bonds is 3. The Bertz CT molecular complexity index is 766. The summed E-state index contributed by atoms with van der Waals surface area (Å²) in [6.07, 6.45) is 2.26. The zero-order chi connectivity index (χ0) is 16.1. The van der Waals surface area contributed by atoms with E-state index in [1.807, 2.05) is 13.8 Å². The normalized spacial score (nSPS) is 15.2. The van der Waals surface area contributed by atoms with Crippen molar-refractivity contribution >= 4 is 11.9 Å². The Hall–Kier alpha value is -2.48. The average Bonchev–Trinajstić information content (AvgIpc) is 2.81. The van der Waals surface area contributed by atoms with Crippen LogP contribution in [-0.4, -0.2) is 42.5 Å². The largest absolute Gasteiger partial charge is 0.477 e. The molecule has 0 saturated carbocycles. The lowest BCUT2D eigenvalue weighted by Gasteiger charge is -2.30. The van der Waals surface area contributed by atoms with Crippen molar-refractivity contribution in [3.63, 3.8) is 0 Å². The van der Waals surface area contributed by atoms with Crippen molar-refractivity contribution < 1.29 is 15.0 Å². The maximum Gasteiger partial charge on any atom is 0.354 e. The van der Waals surface area contributed by atoms with Gasteiger partial charge in [0, 0.05) is 11.8 Å². The lowest BCUT2D eigenvalue weighted by atomic mass is 9.73. The number of carboxylic acid groups (broad SMARTS) is 1. The van der Waals surface area contributed by atoms with Gasteiger partial charge < -0.3 is 15.9 Å². The number of anilines is 1. The molecule has 0 saturated heterocycles. The van der Waals surface area contributed by atoms with E-state index in [2.05, 4.69) is 15.1 Å². The first kappa shape index (κ1) is 14.5. The molecule has 8 nitrogen and oxygen atoms in total. The maximum atomic E-state index is 11.7. The summed E-state index contributed by atoms with van der Waals surface area (Å²) in [6.45, 7) is 3.84. The number of carbonyl (C=O) groups is 1. The monoisotopic (exact) mass is 303 g/mol. The summed E-state index contributed by atoms with van der Waals surface area (Å²) >= 11 is 0. The standard InChI is InChI=1S/C14H17N5O3/c1-14(2)5-7-6-16-13(15)17-9(7)10-8(14)11(12(21)22)19(18-10)3-4-20/h6,20H,3-5H2,1-2H3,(H,21,22)(H2,15,16,17). The van der Waals surface area contributed by atoms with Gasteiger partial charge in [-0.15, -0.1) is 0 Å². The average molecular weight is 303 g/mol. The van der Waals surface area contributed by atoms with E-state index in [0.717, 1.165) is 5.56 Å². The molecule has 0 radical (unpaired) electrons. The SMILES string of the molecule is CC1(C)Cc2cnc(N)nc2-c2nn(CCO)c(C(=O)O)c21. The minimum absolute atomic E-state index is 0.0943. The van der Waals surface area contributed by atoms with Crippen molar-refractivity contribution in [3.05, 3.63) is 23.0 Å². The van der Waals surface area contributed by atoms with Gasteiger partial charge in [0.1, 0.15) is 5.69 Å². The molecule has 0 unspecified atom stereocenters. The lowest BCUT2D eigenvalue weighted by Crippen LogP contribution is -2.28. The summed E-state index contributed by atoms with van der Waals surface area (Å²) in [4.78, 5) is 19.9. The van der Waals surface area contributed by atoms with Crippen LogP contribution in [0.2, 0.25) is 0 Å². The van der Waals surface area contributed by atoms with Crippen LogP contribution >= 0.6 is 0 Å². The smallest absolute Gasteiger partial charge is 0.354 e. The van der Waals surface area contributed by atoms with E-state index in [0.29, 0.717) is 23.4 Å². The zero-order valence-electron chi connectivity index (χ0n) is 12.4. The zero-order valence-corrected chi connectivity index (χ0v) is 12.4. The Morgan fingerprint density at radius 2 is 2.18 bits per heavy atom. The van der Waals surface area contributed by atoms with Crippen LogP contribution in [0.1, 0.15) is 35.5 Å². The van der Waals surface area contributed by atoms with Gasteiger partial charge in [0.15, 0.2) is 5.69 Å². The molecule has 2 heterocycles. The highest BCUT2D eigenvalue weighted by Gasteiger charge is 2.40. The number of aliphatic hydroxyl groups is 1. The van der Waals surface area contributed by atoms with E-state index in [4.69, 9.17) is 10.8 Å². The molecule has 2 aromatic heterocycles. The van der Waals surface area contributed by atoms with Gasteiger partial charge in [-0.2, -0.15) is 5.10 Å². The van der Waals surface area contributed by atoms with Crippen molar-refractivity contribution in [1.82, 2.24) is 19.7 Å². The Balaban J connectivity index is 2.34. The fourth-order valence-electron chi connectivity index (χ4n) is 3.06. The van der Waals surface area contributed by atoms with Crippen molar-refractivity contribution in [2.24, 2.45) is 0 Å². The van der Waals surface area contributed by atoms with Gasteiger partial charge in [-0.05, 0) is 17.4 Å². The third-order valence-corrected chi connectivity index (χ3v) is 3.88. The number of fused-ring (bicyclic) bond motifs is 3. The van der Waals surface area contributed by atoms with Crippen molar-refractivity contribution in [2.75, 3.05) is 12.3 Å². The van der Waals surface area contributed by atoms with Crippen LogP contribution in [0, 0.1) is 0 Å². The molecule has 0 spiro atoms. The highest BCUT2D eigenvalue weighted by atomic mass is 16.4. The second-order valence-corrected chi connectivity index (χ2v) is 5.99. The number of carboxylic acids is 1. The number of nitrogens with zero attached hydrogens (tertiary/aromatic N) is 4. The number of hydrogen-bond donors (Lipinski definition) is 3. The minimum atomic E-state index is -1.07. The first-order valence-corrected chi connectivity index (χ1v) is 6.92. The van der Waals surface area contributed by atoms with E-state index in [9.17, 15) is 9.90 Å². The van der Waals surface area contributed by atoms with Gasteiger partial charge in [0.25, 0.3) is 0 Å². The molecule has 8 heteroatoms. The third-order valence-electron chi connectivity index (χ3n) is 3.88. The van der Waals surface area contributed by atoms with Gasteiger partial charge in [0.2, 0.25) is 5.95 Å². The molecule has 0 fully saturated rings. The lowest BCUT2D eigenvalue weighted by molar-refractivity contribution is 0.0678. The Kier molecular flexibility index (Phi) is 3.13. The summed E-state index contributed by atoms with van der Waals surface area (Å²) in [6, 6.07) is 0. The van der Waals surface area contributed by atoms with Crippen LogP contribution in [0.5, 0.6) is 0 Å². The maximum absolute atomic E-state index is 11.7. The van der Waals surface area contributed by atoms with Crippen LogP contribution in [0.25, 0.3) is 11.4 Å². The van der Waals surface area contributed by atoms with Gasteiger partial charge in [-0.25, -0.2) is 14.8 Å². The number of nitrogen functional groups attached to an aromatic ring is 1. The van der Waals surface area contributed by atoms with Gasteiger partial charge in [-0.3, -0.25) is 4.68 Å². The first-order valence-electron chi connectivity index (χ1n) is 6.92. The van der Waals surface area contributed by atoms with Crippen LogP contribution in [0.15, 0.2) is 6.20 Å². The topological polar surface area (TPSA) is 127 Å². The van der Waals surface area contributed by atoms with Crippen LogP contribution in [0.4, 0.5) is 5.95 Å². The molecule has 22 heavy (non-hydrogen) atoms. The van der Waals surface area contributed by atoms with Gasteiger partial charge >= 0.3 is 5.97 Å². The molecule has 116 valence electrons. The summed E-state index contributed by atoms with van der Waals surface area (Å²) in [5.41, 5.74) is 7.91. The Morgan fingerprint density at radius 1 is 1.45 bits per heavy atom. The van der Waals surface area contributed by atoms with Crippen molar-refractivity contribution in [1.29, 1.82) is 0 Å². The molecule has 0 bridgehead atoms. The molecule has 1 aliphatic rings. The van der Waals surface area contributed by atoms with Crippen molar-refractivity contribution in [2.45, 2.75) is 32.2 Å². The fraction of sp³-hybridized carbons (Fsp3) is 0.429. The second-order valence-electron chi connectivity index (χ2n) is 5.99. The highest BCUT2D eigenvalue weighted by molar-refractivity contribution is 5.91. The molecule has 3 rings (SSSR count). The Labute approximate surface area is 126 Å². The van der Waals surface area contributed by atoms with E-state index >= 15 is 0 Å². The molecule has 4 N–H and O–H groups in total. The molecule has 0 atom stereocenters. The quantitative estimate of drug-likeness (QED) is 0.751. The number of aromatic nitrogens is 4. The summed E-state index contributed by atoms with van der Waals surface area (Å²) in [7, 11) is 0. The highest BCUT2D eigenvalue weighted by Crippen LogP contribution is 2.43. The van der Waals surface area contributed by atoms with Crippen LogP contribution < -0.4 is 5.73 Å². The minimum Gasteiger partial charge on any atom is -0.477 e. The molecule has 2 aromatic rings. The van der Waals surface area contributed by atoms with E-state index in [1.54, 1.807) is 6.20 Å². The predicted molar refractivity (Wildman–Crippen MR) is 78.4 cm³/mol. The van der Waals surface area contributed by atoms with E-state index in [-0.39, 0.29) is 24.8 Å². The predicted octanol–water partition coefficient (Wildman–Crippen LogP) is 0.447. The fourth-order valence-corrected chi connectivity index (χ4v) is 3.06. The molecule has 0 amide bonds. The molecular formula is C14H17N5O3.